The number of esters is 1. The number of pyridine rings is 1. The number of anilines is 1. The van der Waals surface area contributed by atoms with Gasteiger partial charge < -0.3 is 10.1 Å². The number of amides is 1. The summed E-state index contributed by atoms with van der Waals surface area (Å²) in [6, 6.07) is 13.0. The van der Waals surface area contributed by atoms with Crippen LogP contribution in [0.25, 0.3) is 10.9 Å². The maximum atomic E-state index is 12.7. The lowest BCUT2D eigenvalue weighted by Crippen LogP contribution is -2.22. The van der Waals surface area contributed by atoms with E-state index in [2.05, 4.69) is 10.3 Å². The summed E-state index contributed by atoms with van der Waals surface area (Å²) in [5, 5.41) is 14.1. The van der Waals surface area contributed by atoms with Gasteiger partial charge in [0.15, 0.2) is 6.61 Å². The second kappa shape index (κ2) is 8.47. The van der Waals surface area contributed by atoms with Gasteiger partial charge in [-0.3, -0.25) is 19.9 Å². The van der Waals surface area contributed by atoms with Crippen molar-refractivity contribution in [2.45, 2.75) is 20.3 Å². The molecule has 8 nitrogen and oxygen atoms in total. The van der Waals surface area contributed by atoms with Crippen LogP contribution < -0.4 is 5.32 Å². The van der Waals surface area contributed by atoms with Gasteiger partial charge in [-0.1, -0.05) is 37.3 Å². The van der Waals surface area contributed by atoms with Crippen LogP contribution >= 0.6 is 0 Å². The number of benzene rings is 2. The summed E-state index contributed by atoms with van der Waals surface area (Å²) < 4.78 is 5.20. The van der Waals surface area contributed by atoms with Crippen molar-refractivity contribution in [1.82, 2.24) is 4.98 Å². The summed E-state index contributed by atoms with van der Waals surface area (Å²) in [6.45, 7) is 3.17. The highest BCUT2D eigenvalue weighted by Gasteiger charge is 2.20. The fourth-order valence-electron chi connectivity index (χ4n) is 3.09. The molecule has 0 radical (unpaired) electrons. The quantitative estimate of drug-likeness (QED) is 0.387. The van der Waals surface area contributed by atoms with Gasteiger partial charge >= 0.3 is 5.97 Å². The van der Waals surface area contributed by atoms with E-state index in [9.17, 15) is 19.7 Å². The molecule has 0 spiro atoms. The molecule has 8 heteroatoms. The number of carbonyl (C=O) groups excluding carboxylic acids is 2. The number of nitro benzene ring substituents is 1. The molecule has 1 heterocycles. The van der Waals surface area contributed by atoms with Crippen LogP contribution in [0.15, 0.2) is 48.5 Å². The number of carbonyl (C=O) groups is 2. The monoisotopic (exact) mass is 393 g/mol. The average molecular weight is 393 g/mol. The molecule has 0 aliphatic rings. The van der Waals surface area contributed by atoms with Gasteiger partial charge in [-0.2, -0.15) is 0 Å². The van der Waals surface area contributed by atoms with Crippen molar-refractivity contribution in [1.29, 1.82) is 0 Å². The van der Waals surface area contributed by atoms with E-state index in [1.165, 1.54) is 18.2 Å². The third-order valence-electron chi connectivity index (χ3n) is 4.48. The van der Waals surface area contributed by atoms with Crippen molar-refractivity contribution in [3.8, 4) is 0 Å². The molecular formula is C21H19N3O5. The lowest BCUT2D eigenvalue weighted by molar-refractivity contribution is -0.383. The molecule has 1 N–H and O–H groups in total. The zero-order chi connectivity index (χ0) is 21.0. The zero-order valence-electron chi connectivity index (χ0n) is 16.0. The number of ether oxygens (including phenoxy) is 1. The Kier molecular flexibility index (Phi) is 5.82. The van der Waals surface area contributed by atoms with Gasteiger partial charge in [0, 0.05) is 17.1 Å². The number of nitro groups is 1. The van der Waals surface area contributed by atoms with E-state index in [-0.39, 0.29) is 11.4 Å². The Balaban J connectivity index is 1.79. The first-order valence-corrected chi connectivity index (χ1v) is 9.01. The first-order chi connectivity index (χ1) is 13.9. The first-order valence-electron chi connectivity index (χ1n) is 9.01. The van der Waals surface area contributed by atoms with Crippen molar-refractivity contribution in [3.05, 3.63) is 75.5 Å². The molecule has 29 heavy (non-hydrogen) atoms. The lowest BCUT2D eigenvalue weighted by Gasteiger charge is -2.13. The lowest BCUT2D eigenvalue weighted by atomic mass is 10.0. The molecule has 3 aromatic rings. The number of rotatable bonds is 6. The molecule has 3 rings (SSSR count). The molecular weight excluding hydrogens is 374 g/mol. The van der Waals surface area contributed by atoms with Crippen LogP contribution in [0.3, 0.4) is 0 Å². The highest BCUT2D eigenvalue weighted by atomic mass is 16.6. The minimum atomic E-state index is -0.667. The Hall–Kier alpha value is -3.81. The Morgan fingerprint density at radius 2 is 1.83 bits per heavy atom. The third-order valence-corrected chi connectivity index (χ3v) is 4.48. The first kappa shape index (κ1) is 19.9. The predicted octanol–water partition coefficient (Wildman–Crippen LogP) is 3.81. The number of aryl methyl sites for hydroxylation is 1. The van der Waals surface area contributed by atoms with Crippen molar-refractivity contribution in [2.24, 2.45) is 0 Å². The maximum absolute atomic E-state index is 12.7. The number of fused-ring (bicyclic) bond motifs is 1. The fourth-order valence-corrected chi connectivity index (χ4v) is 3.09. The topological polar surface area (TPSA) is 111 Å². The van der Waals surface area contributed by atoms with Crippen LogP contribution in [0.1, 0.15) is 28.5 Å². The highest BCUT2D eigenvalue weighted by Crippen LogP contribution is 2.25. The Labute approximate surface area is 166 Å². The molecule has 0 saturated heterocycles. The van der Waals surface area contributed by atoms with Gasteiger partial charge in [0.25, 0.3) is 11.6 Å². The maximum Gasteiger partial charge on any atom is 0.339 e. The van der Waals surface area contributed by atoms with Gasteiger partial charge in [0.05, 0.1) is 16.0 Å². The minimum absolute atomic E-state index is 0.0392. The van der Waals surface area contributed by atoms with E-state index in [0.717, 1.165) is 5.69 Å². The SMILES string of the molecule is CCc1nc2ccccc2c(C(=O)OCC(=O)Nc2ccccc2[N+](=O)[O-])c1C. The van der Waals surface area contributed by atoms with Crippen molar-refractivity contribution >= 4 is 34.2 Å². The van der Waals surface area contributed by atoms with Crippen LogP contribution in [0.2, 0.25) is 0 Å². The third kappa shape index (κ3) is 4.21. The standard InChI is InChI=1S/C21H19N3O5/c1-3-15-13(2)20(14-8-4-5-9-16(14)22-15)21(26)29-12-19(25)23-17-10-6-7-11-18(17)24(27)28/h4-11H,3,12H2,1-2H3,(H,23,25). The zero-order valence-corrected chi connectivity index (χ0v) is 16.0. The Bertz CT molecular complexity index is 1110. The molecule has 0 fully saturated rings. The van der Waals surface area contributed by atoms with Crippen LogP contribution in [-0.2, 0) is 16.0 Å². The molecule has 0 unspecified atom stereocenters. The Morgan fingerprint density at radius 3 is 2.55 bits per heavy atom. The molecule has 148 valence electrons. The van der Waals surface area contributed by atoms with Crippen molar-refractivity contribution in [2.75, 3.05) is 11.9 Å². The summed E-state index contributed by atoms with van der Waals surface area (Å²) in [7, 11) is 0. The average Bonchev–Trinajstić information content (AvgIpc) is 2.71. The molecule has 0 atom stereocenters. The van der Waals surface area contributed by atoms with E-state index in [0.29, 0.717) is 28.5 Å². The predicted molar refractivity (Wildman–Crippen MR) is 108 cm³/mol. The number of nitrogens with zero attached hydrogens (tertiary/aromatic N) is 2. The summed E-state index contributed by atoms with van der Waals surface area (Å²) in [5.74, 6) is -1.31. The van der Waals surface area contributed by atoms with Crippen molar-refractivity contribution in [3.63, 3.8) is 0 Å². The van der Waals surface area contributed by atoms with Crippen LogP contribution in [0.5, 0.6) is 0 Å². The van der Waals surface area contributed by atoms with E-state index in [1.807, 2.05) is 19.1 Å². The second-order valence-electron chi connectivity index (χ2n) is 6.33. The number of hydrogen-bond donors (Lipinski definition) is 1. The smallest absolute Gasteiger partial charge is 0.339 e. The van der Waals surface area contributed by atoms with E-state index in [1.54, 1.807) is 25.1 Å². The van der Waals surface area contributed by atoms with E-state index in [4.69, 9.17) is 4.74 Å². The number of hydrogen-bond acceptors (Lipinski definition) is 6. The van der Waals surface area contributed by atoms with Gasteiger partial charge in [-0.25, -0.2) is 4.79 Å². The van der Waals surface area contributed by atoms with Crippen LogP contribution in [0.4, 0.5) is 11.4 Å². The van der Waals surface area contributed by atoms with Crippen molar-refractivity contribution < 1.29 is 19.2 Å². The molecule has 1 aromatic heterocycles. The Morgan fingerprint density at radius 1 is 1.14 bits per heavy atom. The van der Waals surface area contributed by atoms with Crippen LogP contribution in [-0.4, -0.2) is 28.4 Å². The van der Waals surface area contributed by atoms with Gasteiger partial charge in [0.2, 0.25) is 0 Å². The molecule has 2 aromatic carbocycles. The number of para-hydroxylation sites is 3. The summed E-state index contributed by atoms with van der Waals surface area (Å²) >= 11 is 0. The van der Waals surface area contributed by atoms with Gasteiger partial charge in [-0.15, -0.1) is 0 Å². The molecule has 0 aliphatic heterocycles. The molecule has 1 amide bonds. The molecule has 0 aliphatic carbocycles. The molecule has 0 saturated carbocycles. The van der Waals surface area contributed by atoms with Crippen LogP contribution in [0, 0.1) is 17.0 Å². The molecule has 0 bridgehead atoms. The largest absolute Gasteiger partial charge is 0.452 e. The fraction of sp³-hybridized carbons (Fsp3) is 0.190. The number of aromatic nitrogens is 1. The number of nitrogens with one attached hydrogen (secondary N) is 1. The van der Waals surface area contributed by atoms with Gasteiger partial charge in [0.1, 0.15) is 5.69 Å². The van der Waals surface area contributed by atoms with E-state index >= 15 is 0 Å². The van der Waals surface area contributed by atoms with E-state index < -0.39 is 23.4 Å². The summed E-state index contributed by atoms with van der Waals surface area (Å²) in [5.41, 5.74) is 2.32. The second-order valence-corrected chi connectivity index (χ2v) is 6.33. The highest BCUT2D eigenvalue weighted by molar-refractivity contribution is 6.06. The normalized spacial score (nSPS) is 10.6. The minimum Gasteiger partial charge on any atom is -0.452 e. The van der Waals surface area contributed by atoms with Gasteiger partial charge in [-0.05, 0) is 31.0 Å². The summed E-state index contributed by atoms with van der Waals surface area (Å²) in [4.78, 5) is 39.9. The summed E-state index contributed by atoms with van der Waals surface area (Å²) in [6.07, 6.45) is 0.648.